The second-order valence-electron chi connectivity index (χ2n) is 6.89. The number of anilines is 2. The minimum absolute atomic E-state index is 0.115. The van der Waals surface area contributed by atoms with E-state index in [2.05, 4.69) is 5.32 Å². The van der Waals surface area contributed by atoms with Crippen molar-refractivity contribution in [2.75, 3.05) is 31.0 Å². The SMILES string of the molecule is COc1ccc(NC(=O)CN2C(=O)C[C@H](c3ccco3)Sc3ccccc32)c(OC)c1. The summed E-state index contributed by atoms with van der Waals surface area (Å²) in [5.74, 6) is 1.36. The van der Waals surface area contributed by atoms with Gasteiger partial charge in [-0.25, -0.2) is 0 Å². The third-order valence-corrected chi connectivity index (χ3v) is 6.21. The van der Waals surface area contributed by atoms with E-state index in [0.29, 0.717) is 22.9 Å². The largest absolute Gasteiger partial charge is 0.497 e. The van der Waals surface area contributed by atoms with Crippen molar-refractivity contribution in [3.63, 3.8) is 0 Å². The number of nitrogens with one attached hydrogen (secondary N) is 1. The maximum absolute atomic E-state index is 13.1. The van der Waals surface area contributed by atoms with E-state index in [1.165, 1.54) is 12.0 Å². The van der Waals surface area contributed by atoms with E-state index < -0.39 is 0 Å². The summed E-state index contributed by atoms with van der Waals surface area (Å²) >= 11 is 1.56. The number of fused-ring (bicyclic) bond motifs is 1. The van der Waals surface area contributed by atoms with Gasteiger partial charge in [-0.3, -0.25) is 9.59 Å². The highest BCUT2D eigenvalue weighted by Crippen LogP contribution is 2.45. The molecular formula is C23H22N2O5S. The summed E-state index contributed by atoms with van der Waals surface area (Å²) in [6.45, 7) is -0.115. The van der Waals surface area contributed by atoms with Crippen LogP contribution in [0.25, 0.3) is 0 Å². The number of nitrogens with zero attached hydrogens (tertiary/aromatic N) is 1. The molecule has 0 aliphatic carbocycles. The molecule has 1 aliphatic heterocycles. The molecule has 0 spiro atoms. The van der Waals surface area contributed by atoms with E-state index in [1.54, 1.807) is 43.3 Å². The first kappa shape index (κ1) is 20.9. The van der Waals surface area contributed by atoms with Gasteiger partial charge in [0.2, 0.25) is 11.8 Å². The van der Waals surface area contributed by atoms with Gasteiger partial charge in [-0.1, -0.05) is 12.1 Å². The van der Waals surface area contributed by atoms with Gasteiger partial charge in [-0.05, 0) is 36.4 Å². The highest BCUT2D eigenvalue weighted by molar-refractivity contribution is 7.99. The van der Waals surface area contributed by atoms with Crippen molar-refractivity contribution in [2.45, 2.75) is 16.6 Å². The summed E-state index contributed by atoms with van der Waals surface area (Å²) in [7, 11) is 3.08. The standard InChI is InChI=1S/C23H22N2O5S/c1-28-15-9-10-16(19(12-15)29-2)24-22(26)14-25-17-6-3-4-8-20(17)31-21(13-23(25)27)18-7-5-11-30-18/h3-12,21H,13-14H2,1-2H3,(H,24,26)/t21-/m1/s1. The predicted octanol–water partition coefficient (Wildman–Crippen LogP) is 4.51. The number of para-hydroxylation sites is 1. The second kappa shape index (κ2) is 9.18. The van der Waals surface area contributed by atoms with Gasteiger partial charge in [0.1, 0.15) is 23.8 Å². The highest BCUT2D eigenvalue weighted by atomic mass is 32.2. The molecule has 0 bridgehead atoms. The van der Waals surface area contributed by atoms with Gasteiger partial charge < -0.3 is 24.1 Å². The number of carbonyl (C=O) groups is 2. The first-order valence-electron chi connectivity index (χ1n) is 9.70. The molecule has 3 aromatic rings. The Balaban J connectivity index is 1.56. The molecule has 160 valence electrons. The molecule has 4 rings (SSSR count). The highest BCUT2D eigenvalue weighted by Gasteiger charge is 2.31. The van der Waals surface area contributed by atoms with E-state index in [0.717, 1.165) is 10.7 Å². The van der Waals surface area contributed by atoms with Crippen LogP contribution < -0.4 is 19.7 Å². The van der Waals surface area contributed by atoms with Crippen molar-refractivity contribution < 1.29 is 23.5 Å². The number of rotatable bonds is 6. The fourth-order valence-corrected chi connectivity index (χ4v) is 4.66. The van der Waals surface area contributed by atoms with Crippen molar-refractivity contribution >= 4 is 35.0 Å². The smallest absolute Gasteiger partial charge is 0.244 e. The van der Waals surface area contributed by atoms with Crippen LogP contribution in [-0.4, -0.2) is 32.6 Å². The van der Waals surface area contributed by atoms with Crippen LogP contribution in [0.2, 0.25) is 0 Å². The minimum Gasteiger partial charge on any atom is -0.497 e. The summed E-state index contributed by atoms with van der Waals surface area (Å²) < 4.78 is 16.1. The molecule has 2 amide bonds. The Morgan fingerprint density at radius 3 is 2.74 bits per heavy atom. The number of ether oxygens (including phenoxy) is 2. The average Bonchev–Trinajstić information content (AvgIpc) is 3.28. The molecule has 1 N–H and O–H groups in total. The lowest BCUT2D eigenvalue weighted by atomic mass is 10.2. The van der Waals surface area contributed by atoms with Gasteiger partial charge in [0, 0.05) is 17.4 Å². The fraction of sp³-hybridized carbons (Fsp3) is 0.217. The Bertz CT molecular complexity index is 1080. The van der Waals surface area contributed by atoms with Crippen molar-refractivity contribution in [2.24, 2.45) is 0 Å². The van der Waals surface area contributed by atoms with E-state index in [-0.39, 0.29) is 30.0 Å². The van der Waals surface area contributed by atoms with Crippen molar-refractivity contribution in [3.05, 3.63) is 66.6 Å². The summed E-state index contributed by atoms with van der Waals surface area (Å²) in [5.41, 5.74) is 1.22. The second-order valence-corrected chi connectivity index (χ2v) is 8.13. The summed E-state index contributed by atoms with van der Waals surface area (Å²) in [5, 5.41) is 2.68. The van der Waals surface area contributed by atoms with Gasteiger partial charge in [0.15, 0.2) is 0 Å². The van der Waals surface area contributed by atoms with Gasteiger partial charge in [0.05, 0.1) is 37.1 Å². The Labute approximate surface area is 184 Å². The van der Waals surface area contributed by atoms with Crippen molar-refractivity contribution in [1.29, 1.82) is 0 Å². The van der Waals surface area contributed by atoms with Gasteiger partial charge in [-0.2, -0.15) is 0 Å². The van der Waals surface area contributed by atoms with Crippen LogP contribution >= 0.6 is 11.8 Å². The van der Waals surface area contributed by atoms with Crippen LogP contribution in [0.15, 0.2) is 70.2 Å². The van der Waals surface area contributed by atoms with Gasteiger partial charge in [-0.15, -0.1) is 11.8 Å². The van der Waals surface area contributed by atoms with Gasteiger partial charge in [0.25, 0.3) is 0 Å². The number of hydrogen-bond acceptors (Lipinski definition) is 6. The summed E-state index contributed by atoms with van der Waals surface area (Å²) in [4.78, 5) is 28.4. The Morgan fingerprint density at radius 1 is 1.16 bits per heavy atom. The predicted molar refractivity (Wildman–Crippen MR) is 119 cm³/mol. The molecule has 0 radical (unpaired) electrons. The molecule has 1 aromatic heterocycles. The maximum atomic E-state index is 13.1. The molecule has 2 heterocycles. The lowest BCUT2D eigenvalue weighted by Gasteiger charge is -2.22. The Kier molecular flexibility index (Phi) is 6.18. The molecule has 1 aliphatic rings. The Hall–Kier alpha value is -3.39. The first-order valence-corrected chi connectivity index (χ1v) is 10.6. The molecule has 2 aromatic carbocycles. The van der Waals surface area contributed by atoms with Gasteiger partial charge >= 0.3 is 0 Å². The molecule has 0 unspecified atom stereocenters. The van der Waals surface area contributed by atoms with E-state index in [1.807, 2.05) is 36.4 Å². The number of hydrogen-bond donors (Lipinski definition) is 1. The van der Waals surface area contributed by atoms with Crippen LogP contribution in [0.4, 0.5) is 11.4 Å². The Morgan fingerprint density at radius 2 is 2.00 bits per heavy atom. The quantitative estimate of drug-likeness (QED) is 0.610. The van der Waals surface area contributed by atoms with E-state index >= 15 is 0 Å². The molecule has 0 fully saturated rings. The molecule has 0 saturated carbocycles. The zero-order chi connectivity index (χ0) is 21.8. The third kappa shape index (κ3) is 4.54. The monoisotopic (exact) mass is 438 g/mol. The lowest BCUT2D eigenvalue weighted by Crippen LogP contribution is -2.38. The van der Waals surface area contributed by atoms with E-state index in [9.17, 15) is 9.59 Å². The number of furan rings is 1. The van der Waals surface area contributed by atoms with Crippen molar-refractivity contribution in [3.8, 4) is 11.5 Å². The van der Waals surface area contributed by atoms with Crippen LogP contribution in [0.3, 0.4) is 0 Å². The number of benzene rings is 2. The summed E-state index contributed by atoms with van der Waals surface area (Å²) in [6.07, 6.45) is 1.83. The number of amides is 2. The lowest BCUT2D eigenvalue weighted by molar-refractivity contribution is -0.121. The topological polar surface area (TPSA) is 81.0 Å². The molecule has 0 saturated heterocycles. The minimum atomic E-state index is -0.326. The summed E-state index contributed by atoms with van der Waals surface area (Å²) in [6, 6.07) is 16.4. The number of carbonyl (C=O) groups excluding carboxylic acids is 2. The van der Waals surface area contributed by atoms with Crippen LogP contribution in [0, 0.1) is 0 Å². The van der Waals surface area contributed by atoms with Crippen molar-refractivity contribution in [1.82, 2.24) is 0 Å². The molecule has 7 nitrogen and oxygen atoms in total. The average molecular weight is 439 g/mol. The molecular weight excluding hydrogens is 416 g/mol. The first-order chi connectivity index (χ1) is 15.1. The molecule has 1 atom stereocenters. The maximum Gasteiger partial charge on any atom is 0.244 e. The number of thioether (sulfide) groups is 1. The zero-order valence-electron chi connectivity index (χ0n) is 17.2. The fourth-order valence-electron chi connectivity index (χ4n) is 3.42. The molecule has 8 heteroatoms. The van der Waals surface area contributed by atoms with Crippen LogP contribution in [0.1, 0.15) is 17.4 Å². The zero-order valence-corrected chi connectivity index (χ0v) is 18.0. The van der Waals surface area contributed by atoms with E-state index in [4.69, 9.17) is 13.9 Å². The molecule has 31 heavy (non-hydrogen) atoms. The third-order valence-electron chi connectivity index (χ3n) is 4.93. The van der Waals surface area contributed by atoms with Crippen LogP contribution in [-0.2, 0) is 9.59 Å². The van der Waals surface area contributed by atoms with Crippen LogP contribution in [0.5, 0.6) is 11.5 Å². The normalized spacial score (nSPS) is 15.7. The number of methoxy groups -OCH3 is 2.